The van der Waals surface area contributed by atoms with Crippen LogP contribution in [0.3, 0.4) is 0 Å². The lowest BCUT2D eigenvalue weighted by Crippen LogP contribution is -2.48. The Balaban J connectivity index is 1.76. The molecular weight excluding hydrogens is 276 g/mol. The van der Waals surface area contributed by atoms with Crippen molar-refractivity contribution in [1.29, 1.82) is 0 Å². The molecule has 0 bridgehead atoms. The molecule has 2 aliphatic rings. The molecule has 0 spiro atoms. The summed E-state index contributed by atoms with van der Waals surface area (Å²) in [5, 5.41) is 7.30. The largest absolute Gasteiger partial charge is 0.374 e. The number of hydrogen-bond donors (Lipinski definition) is 2. The van der Waals surface area contributed by atoms with Crippen LogP contribution in [0.4, 0.5) is 0 Å². The Kier molecular flexibility index (Phi) is 4.73. The molecule has 0 aliphatic carbocycles. The minimum Gasteiger partial charge on any atom is -0.374 e. The van der Waals surface area contributed by atoms with Gasteiger partial charge in [-0.15, -0.1) is 0 Å². The van der Waals surface area contributed by atoms with E-state index in [1.165, 1.54) is 0 Å². The molecule has 4 heteroatoms. The van der Waals surface area contributed by atoms with Crippen LogP contribution in [0.25, 0.3) is 0 Å². The summed E-state index contributed by atoms with van der Waals surface area (Å²) >= 11 is 0. The van der Waals surface area contributed by atoms with E-state index in [4.69, 9.17) is 9.47 Å². The first kappa shape index (κ1) is 18.2. The van der Waals surface area contributed by atoms with E-state index in [1.54, 1.807) is 0 Å². The smallest absolute Gasteiger partial charge is 0.0769 e. The Morgan fingerprint density at radius 2 is 1.00 bits per heavy atom. The molecule has 2 N–H and O–H groups in total. The van der Waals surface area contributed by atoms with Crippen molar-refractivity contribution < 1.29 is 9.47 Å². The summed E-state index contributed by atoms with van der Waals surface area (Å²) in [6.07, 6.45) is 2.59. The van der Waals surface area contributed by atoms with E-state index in [0.29, 0.717) is 13.2 Å². The van der Waals surface area contributed by atoms with Crippen molar-refractivity contribution in [2.24, 2.45) is 0 Å². The van der Waals surface area contributed by atoms with Crippen molar-refractivity contribution in [2.45, 2.75) is 103 Å². The summed E-state index contributed by atoms with van der Waals surface area (Å²) in [5.74, 6) is 0. The highest BCUT2D eigenvalue weighted by atomic mass is 16.5. The molecule has 2 heterocycles. The maximum atomic E-state index is 6.13. The van der Waals surface area contributed by atoms with Gasteiger partial charge in [0.05, 0.1) is 25.4 Å². The molecule has 0 aromatic rings. The predicted octanol–water partition coefficient (Wildman–Crippen LogP) is 2.86. The molecule has 2 fully saturated rings. The molecule has 130 valence electrons. The highest BCUT2D eigenvalue weighted by Crippen LogP contribution is 2.34. The van der Waals surface area contributed by atoms with E-state index in [2.05, 4.69) is 66.0 Å². The summed E-state index contributed by atoms with van der Waals surface area (Å²) in [7, 11) is 0. The second-order valence-electron chi connectivity index (χ2n) is 9.59. The molecule has 2 saturated heterocycles. The zero-order valence-corrected chi connectivity index (χ0v) is 15.8. The second kappa shape index (κ2) is 5.73. The molecule has 2 unspecified atom stereocenters. The van der Waals surface area contributed by atoms with Gasteiger partial charge in [0.1, 0.15) is 0 Å². The zero-order valence-electron chi connectivity index (χ0n) is 15.8. The van der Waals surface area contributed by atoms with Crippen molar-refractivity contribution in [3.8, 4) is 0 Å². The Labute approximate surface area is 136 Å². The average molecular weight is 312 g/mol. The minimum atomic E-state index is 0.0275. The van der Waals surface area contributed by atoms with Gasteiger partial charge < -0.3 is 20.1 Å². The number of ether oxygens (including phenoxy) is 2. The van der Waals surface area contributed by atoms with Crippen LogP contribution in [0.15, 0.2) is 0 Å². The van der Waals surface area contributed by atoms with Gasteiger partial charge >= 0.3 is 0 Å². The van der Waals surface area contributed by atoms with Crippen LogP contribution in [0.2, 0.25) is 0 Å². The van der Waals surface area contributed by atoms with Gasteiger partial charge in [0, 0.05) is 22.2 Å². The van der Waals surface area contributed by atoms with Gasteiger partial charge in [-0.1, -0.05) is 0 Å². The normalized spacial score (nSPS) is 34.9. The fourth-order valence-corrected chi connectivity index (χ4v) is 4.36. The predicted molar refractivity (Wildman–Crippen MR) is 91.3 cm³/mol. The van der Waals surface area contributed by atoms with E-state index in [0.717, 1.165) is 12.8 Å². The van der Waals surface area contributed by atoms with Crippen LogP contribution in [0, 0.1) is 0 Å². The molecule has 0 amide bonds. The molecule has 4 nitrogen and oxygen atoms in total. The second-order valence-corrected chi connectivity index (χ2v) is 9.59. The Morgan fingerprint density at radius 1 is 0.682 bits per heavy atom. The van der Waals surface area contributed by atoms with Crippen LogP contribution in [0.5, 0.6) is 0 Å². The summed E-state index contributed by atoms with van der Waals surface area (Å²) in [6.45, 7) is 19.2. The third-order valence-corrected chi connectivity index (χ3v) is 5.04. The average Bonchev–Trinajstić information content (AvgIpc) is 2.61. The molecule has 2 rings (SSSR count). The lowest BCUT2D eigenvalue weighted by molar-refractivity contribution is -0.0473. The fourth-order valence-electron chi connectivity index (χ4n) is 4.36. The standard InChI is InChI=1S/C18H36N2O2/c1-15(2)11-13(17(5,6)19-15)21-9-10-22-14-12-16(3,4)20-18(14,7)8/h13-14,19-20H,9-12H2,1-8H3. The summed E-state index contributed by atoms with van der Waals surface area (Å²) in [6, 6.07) is 0. The number of rotatable bonds is 5. The third kappa shape index (κ3) is 4.22. The highest BCUT2D eigenvalue weighted by molar-refractivity contribution is 5.05. The first-order valence-electron chi connectivity index (χ1n) is 8.65. The number of hydrogen-bond acceptors (Lipinski definition) is 4. The first-order chi connectivity index (χ1) is 9.83. The summed E-state index contributed by atoms with van der Waals surface area (Å²) in [4.78, 5) is 0. The van der Waals surface area contributed by atoms with Crippen LogP contribution >= 0.6 is 0 Å². The van der Waals surface area contributed by atoms with E-state index >= 15 is 0 Å². The third-order valence-electron chi connectivity index (χ3n) is 5.04. The van der Waals surface area contributed by atoms with E-state index < -0.39 is 0 Å². The molecule has 0 aromatic carbocycles. The maximum absolute atomic E-state index is 6.13. The lowest BCUT2D eigenvalue weighted by atomic mass is 9.97. The van der Waals surface area contributed by atoms with E-state index in [9.17, 15) is 0 Å². The fraction of sp³-hybridized carbons (Fsp3) is 1.00. The maximum Gasteiger partial charge on any atom is 0.0769 e. The highest BCUT2D eigenvalue weighted by Gasteiger charge is 2.46. The molecule has 0 aromatic heterocycles. The van der Waals surface area contributed by atoms with Crippen molar-refractivity contribution in [3.05, 3.63) is 0 Å². The van der Waals surface area contributed by atoms with Crippen LogP contribution < -0.4 is 10.6 Å². The van der Waals surface area contributed by atoms with Gasteiger partial charge in [0.25, 0.3) is 0 Å². The monoisotopic (exact) mass is 312 g/mol. The quantitative estimate of drug-likeness (QED) is 0.766. The lowest BCUT2D eigenvalue weighted by Gasteiger charge is -2.30. The van der Waals surface area contributed by atoms with Gasteiger partial charge in [-0.25, -0.2) is 0 Å². The van der Waals surface area contributed by atoms with Gasteiger partial charge in [-0.05, 0) is 68.2 Å². The molecule has 0 saturated carbocycles. The van der Waals surface area contributed by atoms with E-state index in [1.807, 2.05) is 0 Å². The zero-order chi connectivity index (χ0) is 16.8. The van der Waals surface area contributed by atoms with Crippen LogP contribution in [-0.4, -0.2) is 47.6 Å². The van der Waals surface area contributed by atoms with Crippen molar-refractivity contribution in [2.75, 3.05) is 13.2 Å². The van der Waals surface area contributed by atoms with Crippen molar-refractivity contribution in [1.82, 2.24) is 10.6 Å². The first-order valence-corrected chi connectivity index (χ1v) is 8.65. The minimum absolute atomic E-state index is 0.0275. The Bertz CT molecular complexity index is 364. The van der Waals surface area contributed by atoms with Crippen LogP contribution in [0.1, 0.15) is 68.2 Å². The van der Waals surface area contributed by atoms with Crippen molar-refractivity contribution >= 4 is 0 Å². The SMILES string of the molecule is CC1(C)CC(OCCOC2CC(C)(C)NC2(C)C)C(C)(C)N1. The summed E-state index contributed by atoms with van der Waals surface area (Å²) < 4.78 is 12.3. The van der Waals surface area contributed by atoms with Gasteiger partial charge in [0.2, 0.25) is 0 Å². The molecule has 2 aliphatic heterocycles. The van der Waals surface area contributed by atoms with Gasteiger partial charge in [-0.3, -0.25) is 0 Å². The summed E-state index contributed by atoms with van der Waals surface area (Å²) in [5.41, 5.74) is 0.353. The Hall–Kier alpha value is -0.160. The molecule has 0 radical (unpaired) electrons. The van der Waals surface area contributed by atoms with Crippen LogP contribution in [-0.2, 0) is 9.47 Å². The van der Waals surface area contributed by atoms with Crippen molar-refractivity contribution in [3.63, 3.8) is 0 Å². The molecule has 2 atom stereocenters. The topological polar surface area (TPSA) is 42.5 Å². The molecular formula is C18H36N2O2. The van der Waals surface area contributed by atoms with Gasteiger partial charge in [0.15, 0.2) is 0 Å². The molecule has 22 heavy (non-hydrogen) atoms. The van der Waals surface area contributed by atoms with Gasteiger partial charge in [-0.2, -0.15) is 0 Å². The Morgan fingerprint density at radius 3 is 1.23 bits per heavy atom. The van der Waals surface area contributed by atoms with E-state index in [-0.39, 0.29) is 34.4 Å². The number of nitrogens with one attached hydrogen (secondary N) is 2.